The fourth-order valence-electron chi connectivity index (χ4n) is 6.25. The molecule has 1 aliphatic carbocycles. The van der Waals surface area contributed by atoms with Crippen LogP contribution < -0.4 is 10.4 Å². The molecule has 1 aliphatic rings. The van der Waals surface area contributed by atoms with Crippen LogP contribution in [0.3, 0.4) is 0 Å². The highest BCUT2D eigenvalue weighted by Gasteiger charge is 2.54. The maximum atomic E-state index is 14.2. The van der Waals surface area contributed by atoms with E-state index in [2.05, 4.69) is 115 Å². The van der Waals surface area contributed by atoms with Crippen molar-refractivity contribution >= 4 is 32.3 Å². The molecule has 3 aromatic carbocycles. The van der Waals surface area contributed by atoms with E-state index in [1.807, 2.05) is 30.3 Å². The van der Waals surface area contributed by atoms with E-state index in [4.69, 9.17) is 0 Å². The first-order chi connectivity index (χ1) is 17.3. The molecule has 0 amide bonds. The van der Waals surface area contributed by atoms with Crippen LogP contribution in [0.25, 0.3) is 0 Å². The molecule has 0 aliphatic heterocycles. The van der Waals surface area contributed by atoms with Crippen LogP contribution in [0, 0.1) is 5.92 Å². The molecule has 0 saturated carbocycles. The normalized spacial score (nSPS) is 16.9. The van der Waals surface area contributed by atoms with Gasteiger partial charge in [-0.25, -0.2) is 0 Å². The molecular weight excluding hydrogens is 481 g/mol. The lowest BCUT2D eigenvalue weighted by atomic mass is 9.81. The van der Waals surface area contributed by atoms with Gasteiger partial charge in [-0.05, 0) is 34.0 Å². The highest BCUT2D eigenvalue weighted by Crippen LogP contribution is 2.54. The Labute approximate surface area is 227 Å². The molecule has 0 radical (unpaired) electrons. The fourth-order valence-corrected chi connectivity index (χ4v) is 14.7. The summed E-state index contributed by atoms with van der Waals surface area (Å²) in [5, 5.41) is 4.73. The Bertz CT molecular complexity index is 1220. The highest BCUT2D eigenvalue weighted by atomic mass is 28.3. The van der Waals surface area contributed by atoms with Gasteiger partial charge in [0.1, 0.15) is 8.07 Å². The van der Waals surface area contributed by atoms with Crippen LogP contribution in [-0.2, 0) is 0 Å². The number of allylic oxidation sites excluding steroid dienone is 2. The van der Waals surface area contributed by atoms with Crippen molar-refractivity contribution in [3.63, 3.8) is 0 Å². The zero-order valence-electron chi connectivity index (χ0n) is 24.1. The fraction of sp³-hybridized carbons (Fsp3) is 0.382. The van der Waals surface area contributed by atoms with Crippen LogP contribution in [-0.4, -0.2) is 21.9 Å². The average Bonchev–Trinajstić information content (AvgIpc) is 2.84. The van der Waals surface area contributed by atoms with E-state index in [1.165, 1.54) is 15.6 Å². The van der Waals surface area contributed by atoms with Gasteiger partial charge in [-0.15, -0.1) is 0 Å². The quantitative estimate of drug-likeness (QED) is 0.224. The first-order valence-electron chi connectivity index (χ1n) is 13.7. The van der Waals surface area contributed by atoms with E-state index < -0.39 is 16.1 Å². The second-order valence-electron chi connectivity index (χ2n) is 13.5. The van der Waals surface area contributed by atoms with Crippen molar-refractivity contribution in [2.24, 2.45) is 5.92 Å². The molecular formula is C34H44OSi2. The number of hydrogen-bond acceptors (Lipinski definition) is 1. The van der Waals surface area contributed by atoms with Gasteiger partial charge in [0.2, 0.25) is 0 Å². The molecule has 3 aromatic rings. The number of carbonyl (C=O) groups excluding carboxylic acids is 1. The summed E-state index contributed by atoms with van der Waals surface area (Å²) in [4.78, 5) is 14.2. The molecule has 0 saturated heterocycles. The van der Waals surface area contributed by atoms with Crippen molar-refractivity contribution < 1.29 is 4.79 Å². The Morgan fingerprint density at radius 2 is 1.14 bits per heavy atom. The third-order valence-electron chi connectivity index (χ3n) is 9.46. The van der Waals surface area contributed by atoms with Gasteiger partial charge in [0.05, 0.1) is 8.07 Å². The number of carbonyl (C=O) groups is 1. The monoisotopic (exact) mass is 524 g/mol. The van der Waals surface area contributed by atoms with Gasteiger partial charge < -0.3 is 0 Å². The van der Waals surface area contributed by atoms with Gasteiger partial charge in [0, 0.05) is 5.56 Å². The van der Waals surface area contributed by atoms with E-state index >= 15 is 0 Å². The van der Waals surface area contributed by atoms with Crippen LogP contribution in [0.4, 0.5) is 0 Å². The molecule has 0 heterocycles. The maximum Gasteiger partial charge on any atom is 0.188 e. The van der Waals surface area contributed by atoms with Crippen LogP contribution in [0.15, 0.2) is 102 Å². The largest absolute Gasteiger partial charge is 0.289 e. The number of benzene rings is 3. The molecule has 0 bridgehead atoms. The SMILES string of the molecule is CC(C)(C)[Si](C)(C)C1=C(C(=O)c2ccccc2)C(C[Si](c2ccccc2)(c2ccccc2)C(C)(C)C)C1. The highest BCUT2D eigenvalue weighted by molar-refractivity contribution is 7.04. The Morgan fingerprint density at radius 1 is 0.703 bits per heavy atom. The number of hydrogen-bond donors (Lipinski definition) is 0. The summed E-state index contributed by atoms with van der Waals surface area (Å²) in [5.74, 6) is 0.553. The van der Waals surface area contributed by atoms with Crippen LogP contribution >= 0.6 is 0 Å². The minimum atomic E-state index is -2.28. The van der Waals surface area contributed by atoms with Crippen molar-refractivity contribution in [2.75, 3.05) is 0 Å². The summed E-state index contributed by atoms with van der Waals surface area (Å²) in [6, 6.07) is 33.5. The first kappa shape index (κ1) is 27.5. The third kappa shape index (κ3) is 4.89. The van der Waals surface area contributed by atoms with E-state index in [0.717, 1.165) is 23.6 Å². The maximum absolute atomic E-state index is 14.2. The van der Waals surface area contributed by atoms with E-state index in [0.29, 0.717) is 5.92 Å². The third-order valence-corrected chi connectivity index (χ3v) is 21.5. The van der Waals surface area contributed by atoms with E-state index in [-0.39, 0.29) is 15.9 Å². The molecule has 3 heteroatoms. The van der Waals surface area contributed by atoms with Crippen LogP contribution in [0.2, 0.25) is 29.2 Å². The van der Waals surface area contributed by atoms with Crippen LogP contribution in [0.5, 0.6) is 0 Å². The molecule has 1 nitrogen and oxygen atoms in total. The molecule has 4 rings (SSSR count). The lowest BCUT2D eigenvalue weighted by Crippen LogP contribution is -2.65. The number of Topliss-reactive ketones (excluding diaryl/α,β-unsaturated/α-hetero) is 1. The first-order valence-corrected chi connectivity index (χ1v) is 19.0. The second-order valence-corrected chi connectivity index (χ2v) is 23.7. The molecule has 0 fully saturated rings. The minimum Gasteiger partial charge on any atom is -0.289 e. The summed E-state index contributed by atoms with van der Waals surface area (Å²) in [5.41, 5.74) is 1.98. The average molecular weight is 525 g/mol. The lowest BCUT2D eigenvalue weighted by Gasteiger charge is -2.51. The Hall–Kier alpha value is -2.50. The molecule has 1 unspecified atom stereocenters. The Morgan fingerprint density at radius 3 is 1.54 bits per heavy atom. The molecule has 0 N–H and O–H groups in total. The van der Waals surface area contributed by atoms with E-state index in [1.54, 1.807) is 0 Å². The zero-order valence-corrected chi connectivity index (χ0v) is 26.1. The van der Waals surface area contributed by atoms with Crippen molar-refractivity contribution in [3.8, 4) is 0 Å². The van der Waals surface area contributed by atoms with Gasteiger partial charge in [-0.1, -0.05) is 161 Å². The van der Waals surface area contributed by atoms with Gasteiger partial charge >= 0.3 is 0 Å². The Kier molecular flexibility index (Phi) is 7.44. The topological polar surface area (TPSA) is 17.1 Å². The van der Waals surface area contributed by atoms with E-state index in [9.17, 15) is 4.79 Å². The number of rotatable bonds is 7. The lowest BCUT2D eigenvalue weighted by molar-refractivity contribution is 0.101. The molecule has 1 atom stereocenters. The van der Waals surface area contributed by atoms with Crippen molar-refractivity contribution in [1.82, 2.24) is 0 Å². The standard InChI is InChI=1S/C34H44OSi2/c1-33(2,3)36(7,8)30-24-27(31(30)32(35)26-18-12-9-13-19-26)25-37(34(4,5)6,28-20-14-10-15-21-28)29-22-16-11-17-23-29/h9-23,27H,24-25H2,1-8H3. The summed E-state index contributed by atoms with van der Waals surface area (Å²) >= 11 is 0. The summed E-state index contributed by atoms with van der Waals surface area (Å²) in [6.45, 7) is 19.3. The smallest absolute Gasteiger partial charge is 0.188 e. The van der Waals surface area contributed by atoms with Gasteiger partial charge in [-0.2, -0.15) is 0 Å². The Balaban J connectivity index is 1.91. The predicted molar refractivity (Wildman–Crippen MR) is 166 cm³/mol. The van der Waals surface area contributed by atoms with Crippen LogP contribution in [0.1, 0.15) is 58.3 Å². The molecule has 0 aromatic heterocycles. The number of ketones is 1. The molecule has 194 valence electrons. The summed E-state index contributed by atoms with van der Waals surface area (Å²) < 4.78 is 0. The van der Waals surface area contributed by atoms with Gasteiger partial charge in [-0.3, -0.25) is 4.79 Å². The second kappa shape index (κ2) is 10.00. The van der Waals surface area contributed by atoms with Crippen molar-refractivity contribution in [2.45, 2.75) is 77.2 Å². The molecule has 0 spiro atoms. The van der Waals surface area contributed by atoms with Gasteiger partial charge in [0.25, 0.3) is 0 Å². The summed E-state index contributed by atoms with van der Waals surface area (Å²) in [6.07, 6.45) is 1.06. The van der Waals surface area contributed by atoms with Gasteiger partial charge in [0.15, 0.2) is 5.78 Å². The predicted octanol–water partition coefficient (Wildman–Crippen LogP) is 8.30. The van der Waals surface area contributed by atoms with Crippen molar-refractivity contribution in [1.29, 1.82) is 0 Å². The summed E-state index contributed by atoms with van der Waals surface area (Å²) in [7, 11) is -4.10. The zero-order chi connectivity index (χ0) is 27.1. The van der Waals surface area contributed by atoms with Crippen molar-refractivity contribution in [3.05, 3.63) is 107 Å². The molecule has 37 heavy (non-hydrogen) atoms. The minimum absolute atomic E-state index is 0.0866.